The van der Waals surface area contributed by atoms with Gasteiger partial charge in [0.2, 0.25) is 0 Å². The first-order chi connectivity index (χ1) is 15.2. The van der Waals surface area contributed by atoms with E-state index in [2.05, 4.69) is 36.5 Å². The maximum atomic E-state index is 13.3. The standard InChI is InChI=1S/C28H27NO2/c1-3-25(31-26-15-9-13-21-10-7-8-14-24(21)26)28(30)29-27(22-11-5-4-6-12-22)23-18-16-20(2)17-19-23/h4-19,25,27H,3H2,1-2H3,(H,29,30)/t25-,27+/m1/s1. The molecule has 0 aliphatic rings. The van der Waals surface area contributed by atoms with Gasteiger partial charge in [-0.3, -0.25) is 4.79 Å². The highest BCUT2D eigenvalue weighted by molar-refractivity contribution is 5.89. The number of benzene rings is 4. The Morgan fingerprint density at radius 1 is 0.806 bits per heavy atom. The number of hydrogen-bond acceptors (Lipinski definition) is 2. The Hall–Kier alpha value is -3.59. The van der Waals surface area contributed by atoms with Crippen molar-refractivity contribution in [3.63, 3.8) is 0 Å². The number of amides is 1. The molecule has 156 valence electrons. The van der Waals surface area contributed by atoms with Gasteiger partial charge in [0.1, 0.15) is 5.75 Å². The number of fused-ring (bicyclic) bond motifs is 1. The summed E-state index contributed by atoms with van der Waals surface area (Å²) < 4.78 is 6.22. The lowest BCUT2D eigenvalue weighted by Gasteiger charge is -2.24. The number of ether oxygens (including phenoxy) is 1. The molecule has 0 saturated heterocycles. The average Bonchev–Trinajstić information content (AvgIpc) is 2.82. The third-order valence-electron chi connectivity index (χ3n) is 5.51. The van der Waals surface area contributed by atoms with E-state index in [4.69, 9.17) is 4.74 Å². The van der Waals surface area contributed by atoms with Gasteiger partial charge in [-0.1, -0.05) is 103 Å². The fourth-order valence-electron chi connectivity index (χ4n) is 3.77. The third kappa shape index (κ3) is 4.77. The van der Waals surface area contributed by atoms with Gasteiger partial charge in [-0.05, 0) is 35.9 Å². The molecule has 4 aromatic rings. The number of aryl methyl sites for hydroxylation is 1. The summed E-state index contributed by atoms with van der Waals surface area (Å²) in [4.78, 5) is 13.3. The van der Waals surface area contributed by atoms with Crippen molar-refractivity contribution in [2.24, 2.45) is 0 Å². The molecule has 0 heterocycles. The van der Waals surface area contributed by atoms with Crippen LogP contribution in [0.1, 0.15) is 36.1 Å². The summed E-state index contributed by atoms with van der Waals surface area (Å²) in [6.07, 6.45) is -0.00718. The first-order valence-electron chi connectivity index (χ1n) is 10.7. The Bertz CT molecular complexity index is 1150. The molecule has 0 bridgehead atoms. The van der Waals surface area contributed by atoms with Gasteiger partial charge in [-0.2, -0.15) is 0 Å². The summed E-state index contributed by atoms with van der Waals surface area (Å²) in [7, 11) is 0. The normalized spacial score (nSPS) is 12.8. The molecule has 0 saturated carbocycles. The summed E-state index contributed by atoms with van der Waals surface area (Å²) in [5, 5.41) is 5.33. The minimum atomic E-state index is -0.581. The molecule has 4 aromatic carbocycles. The van der Waals surface area contributed by atoms with Crippen LogP contribution in [-0.4, -0.2) is 12.0 Å². The van der Waals surface area contributed by atoms with Crippen LogP contribution in [0.2, 0.25) is 0 Å². The Kier molecular flexibility index (Phi) is 6.32. The number of hydrogen-bond donors (Lipinski definition) is 1. The molecule has 31 heavy (non-hydrogen) atoms. The van der Waals surface area contributed by atoms with Crippen molar-refractivity contribution in [3.05, 3.63) is 114 Å². The van der Waals surface area contributed by atoms with Gasteiger partial charge in [0, 0.05) is 5.39 Å². The van der Waals surface area contributed by atoms with E-state index in [0.29, 0.717) is 6.42 Å². The Balaban J connectivity index is 1.60. The zero-order valence-electron chi connectivity index (χ0n) is 17.9. The van der Waals surface area contributed by atoms with Crippen LogP contribution in [0.15, 0.2) is 97.1 Å². The molecule has 0 unspecified atom stereocenters. The van der Waals surface area contributed by atoms with Crippen molar-refractivity contribution >= 4 is 16.7 Å². The summed E-state index contributed by atoms with van der Waals surface area (Å²) in [6, 6.07) is 32.1. The van der Waals surface area contributed by atoms with Gasteiger partial charge in [0.25, 0.3) is 5.91 Å². The minimum Gasteiger partial charge on any atom is -0.480 e. The first-order valence-corrected chi connectivity index (χ1v) is 10.7. The molecule has 2 atom stereocenters. The lowest BCUT2D eigenvalue weighted by molar-refractivity contribution is -0.128. The molecule has 4 rings (SSSR count). The van der Waals surface area contributed by atoms with Crippen molar-refractivity contribution in [2.45, 2.75) is 32.4 Å². The first kappa shape index (κ1) is 20.7. The number of nitrogens with one attached hydrogen (secondary N) is 1. The van der Waals surface area contributed by atoms with E-state index >= 15 is 0 Å². The van der Waals surface area contributed by atoms with Gasteiger partial charge in [-0.15, -0.1) is 0 Å². The zero-order valence-corrected chi connectivity index (χ0v) is 17.9. The second-order valence-electron chi connectivity index (χ2n) is 7.75. The van der Waals surface area contributed by atoms with Crippen molar-refractivity contribution in [1.82, 2.24) is 5.32 Å². The Labute approximate surface area is 183 Å². The Morgan fingerprint density at radius 3 is 2.19 bits per heavy atom. The lowest BCUT2D eigenvalue weighted by atomic mass is 9.97. The van der Waals surface area contributed by atoms with Gasteiger partial charge in [0.15, 0.2) is 6.10 Å². The van der Waals surface area contributed by atoms with E-state index in [9.17, 15) is 4.79 Å². The fourth-order valence-corrected chi connectivity index (χ4v) is 3.77. The van der Waals surface area contributed by atoms with Gasteiger partial charge in [-0.25, -0.2) is 0 Å². The summed E-state index contributed by atoms with van der Waals surface area (Å²) in [6.45, 7) is 4.03. The van der Waals surface area contributed by atoms with Crippen LogP contribution >= 0.6 is 0 Å². The highest BCUT2D eigenvalue weighted by Crippen LogP contribution is 2.27. The topological polar surface area (TPSA) is 38.3 Å². The van der Waals surface area contributed by atoms with E-state index in [1.165, 1.54) is 5.56 Å². The fraction of sp³-hybridized carbons (Fsp3) is 0.179. The van der Waals surface area contributed by atoms with Crippen LogP contribution in [0.3, 0.4) is 0 Å². The highest BCUT2D eigenvalue weighted by atomic mass is 16.5. The molecule has 0 radical (unpaired) electrons. The van der Waals surface area contributed by atoms with Gasteiger partial charge in [0.05, 0.1) is 6.04 Å². The van der Waals surface area contributed by atoms with Crippen LogP contribution in [-0.2, 0) is 4.79 Å². The molecule has 3 heteroatoms. The van der Waals surface area contributed by atoms with Crippen molar-refractivity contribution in [1.29, 1.82) is 0 Å². The molecule has 1 N–H and O–H groups in total. The predicted octanol–water partition coefficient (Wildman–Crippen LogP) is 6.21. The molecule has 0 aliphatic heterocycles. The van der Waals surface area contributed by atoms with Gasteiger partial charge >= 0.3 is 0 Å². The quantitative estimate of drug-likeness (QED) is 0.394. The molecule has 3 nitrogen and oxygen atoms in total. The van der Waals surface area contributed by atoms with E-state index < -0.39 is 6.10 Å². The van der Waals surface area contributed by atoms with Gasteiger partial charge < -0.3 is 10.1 Å². The number of carbonyl (C=O) groups is 1. The monoisotopic (exact) mass is 409 g/mol. The van der Waals surface area contributed by atoms with Crippen LogP contribution in [0.4, 0.5) is 0 Å². The zero-order chi connectivity index (χ0) is 21.6. The molecular weight excluding hydrogens is 382 g/mol. The maximum Gasteiger partial charge on any atom is 0.261 e. The van der Waals surface area contributed by atoms with Crippen molar-refractivity contribution in [2.75, 3.05) is 0 Å². The summed E-state index contributed by atoms with van der Waals surface area (Å²) in [5.74, 6) is 0.608. The second kappa shape index (κ2) is 9.48. The minimum absolute atomic E-state index is 0.120. The van der Waals surface area contributed by atoms with Crippen LogP contribution < -0.4 is 10.1 Å². The molecule has 1 amide bonds. The predicted molar refractivity (Wildman–Crippen MR) is 126 cm³/mol. The Morgan fingerprint density at radius 2 is 1.45 bits per heavy atom. The third-order valence-corrected chi connectivity index (χ3v) is 5.51. The van der Waals surface area contributed by atoms with Crippen molar-refractivity contribution in [3.8, 4) is 5.75 Å². The summed E-state index contributed by atoms with van der Waals surface area (Å²) >= 11 is 0. The molecule has 0 fully saturated rings. The number of rotatable bonds is 7. The van der Waals surface area contributed by atoms with E-state index in [1.54, 1.807) is 0 Å². The van der Waals surface area contributed by atoms with Crippen LogP contribution in [0.25, 0.3) is 10.8 Å². The highest BCUT2D eigenvalue weighted by Gasteiger charge is 2.24. The molecule has 0 aliphatic carbocycles. The van der Waals surface area contributed by atoms with Crippen molar-refractivity contribution < 1.29 is 9.53 Å². The maximum absolute atomic E-state index is 13.3. The molecule has 0 aromatic heterocycles. The second-order valence-corrected chi connectivity index (χ2v) is 7.75. The average molecular weight is 410 g/mol. The molecular formula is C28H27NO2. The van der Waals surface area contributed by atoms with Crippen LogP contribution in [0, 0.1) is 6.92 Å². The SMILES string of the molecule is CC[C@@H](Oc1cccc2ccccc12)C(=O)N[C@@H](c1ccccc1)c1ccc(C)cc1. The summed E-state index contributed by atoms with van der Waals surface area (Å²) in [5.41, 5.74) is 3.28. The number of carbonyl (C=O) groups excluding carboxylic acids is 1. The lowest BCUT2D eigenvalue weighted by Crippen LogP contribution is -2.40. The molecule has 0 spiro atoms. The largest absolute Gasteiger partial charge is 0.480 e. The van der Waals surface area contributed by atoms with E-state index in [-0.39, 0.29) is 11.9 Å². The smallest absolute Gasteiger partial charge is 0.261 e. The van der Waals surface area contributed by atoms with E-state index in [1.807, 2.05) is 79.7 Å². The van der Waals surface area contributed by atoms with Crippen LogP contribution in [0.5, 0.6) is 5.75 Å². The van der Waals surface area contributed by atoms with E-state index in [0.717, 1.165) is 27.6 Å².